The lowest BCUT2D eigenvalue weighted by Crippen LogP contribution is -2.26. The Bertz CT molecular complexity index is 476. The van der Waals surface area contributed by atoms with Gasteiger partial charge in [-0.25, -0.2) is 13.6 Å². The van der Waals surface area contributed by atoms with Gasteiger partial charge in [0.25, 0.3) is 0 Å². The summed E-state index contributed by atoms with van der Waals surface area (Å²) in [7, 11) is -1.79. The second kappa shape index (κ2) is 6.34. The summed E-state index contributed by atoms with van der Waals surface area (Å²) >= 11 is 3.38. The third-order valence-electron chi connectivity index (χ3n) is 2.11. The van der Waals surface area contributed by atoms with Crippen molar-refractivity contribution >= 4 is 26.0 Å². The monoisotopic (exact) mass is 322 g/mol. The molecule has 0 saturated heterocycles. The molecule has 0 radical (unpaired) electrons. The first kappa shape index (κ1) is 14.4. The predicted octanol–water partition coefficient (Wildman–Crippen LogP) is 0.836. The van der Waals surface area contributed by atoms with Crippen molar-refractivity contribution in [3.63, 3.8) is 0 Å². The van der Waals surface area contributed by atoms with E-state index in [1.807, 2.05) is 18.2 Å². The molecule has 0 fully saturated rings. The van der Waals surface area contributed by atoms with Gasteiger partial charge < -0.3 is 10.1 Å². The molecule has 0 aromatic heterocycles. The number of hydrogen-bond donors (Lipinski definition) is 2. The van der Waals surface area contributed by atoms with E-state index in [1.165, 1.54) is 0 Å². The molecule has 0 spiro atoms. The van der Waals surface area contributed by atoms with Crippen LogP contribution in [0.5, 0.6) is 5.75 Å². The summed E-state index contributed by atoms with van der Waals surface area (Å²) in [5.74, 6) is 0.697. The molecule has 7 heteroatoms. The van der Waals surface area contributed by atoms with Crippen LogP contribution in [0.2, 0.25) is 0 Å². The highest BCUT2D eigenvalue weighted by atomic mass is 79.9. The Balaban J connectivity index is 2.45. The number of nitrogens with one attached hydrogen (secondary N) is 1. The van der Waals surface area contributed by atoms with Crippen molar-refractivity contribution in [3.05, 3.63) is 28.2 Å². The quantitative estimate of drug-likeness (QED) is 0.760. The van der Waals surface area contributed by atoms with Gasteiger partial charge in [-0.3, -0.25) is 0 Å². The summed E-state index contributed by atoms with van der Waals surface area (Å²) in [4.78, 5) is 0. The molecular formula is C10H15BrN2O3S. The fraction of sp³-hybridized carbons (Fsp3) is 0.400. The highest BCUT2D eigenvalue weighted by molar-refractivity contribution is 9.10. The Kier molecular flexibility index (Phi) is 5.38. The minimum atomic E-state index is -3.39. The van der Waals surface area contributed by atoms with Crippen LogP contribution in [0.4, 0.5) is 0 Å². The van der Waals surface area contributed by atoms with Crippen LogP contribution in [0.15, 0.2) is 22.7 Å². The lowest BCUT2D eigenvalue weighted by atomic mass is 10.2. The van der Waals surface area contributed by atoms with Crippen LogP contribution in [0.3, 0.4) is 0 Å². The van der Waals surface area contributed by atoms with Crippen LogP contribution < -0.4 is 15.2 Å². The van der Waals surface area contributed by atoms with E-state index < -0.39 is 10.0 Å². The number of hydrogen-bond acceptors (Lipinski definition) is 4. The van der Waals surface area contributed by atoms with Crippen molar-refractivity contribution in [3.8, 4) is 5.75 Å². The van der Waals surface area contributed by atoms with Gasteiger partial charge in [-0.2, -0.15) is 0 Å². The molecule has 0 atom stereocenters. The first-order valence-corrected chi connectivity index (χ1v) is 7.47. The number of benzene rings is 1. The molecule has 0 amide bonds. The summed E-state index contributed by atoms with van der Waals surface area (Å²) in [6, 6.07) is 5.68. The van der Waals surface area contributed by atoms with Gasteiger partial charge in [0.15, 0.2) is 0 Å². The zero-order chi connectivity index (χ0) is 12.9. The number of ether oxygens (including phenoxy) is 1. The summed E-state index contributed by atoms with van der Waals surface area (Å²) in [5.41, 5.74) is 1.03. The van der Waals surface area contributed by atoms with Gasteiger partial charge >= 0.3 is 0 Å². The van der Waals surface area contributed by atoms with Crippen molar-refractivity contribution < 1.29 is 13.2 Å². The van der Waals surface area contributed by atoms with Crippen LogP contribution in [-0.4, -0.2) is 27.8 Å². The zero-order valence-electron chi connectivity index (χ0n) is 9.44. The van der Waals surface area contributed by atoms with Crippen molar-refractivity contribution in [2.24, 2.45) is 5.14 Å². The van der Waals surface area contributed by atoms with E-state index in [1.54, 1.807) is 7.11 Å². The Morgan fingerprint density at radius 3 is 2.71 bits per heavy atom. The number of rotatable bonds is 6. The van der Waals surface area contributed by atoms with E-state index in [0.717, 1.165) is 15.8 Å². The molecule has 0 aliphatic rings. The molecule has 96 valence electrons. The molecule has 0 unspecified atom stereocenters. The second-order valence-electron chi connectivity index (χ2n) is 3.51. The van der Waals surface area contributed by atoms with E-state index in [0.29, 0.717) is 13.1 Å². The molecule has 0 heterocycles. The molecule has 1 aromatic rings. The fourth-order valence-corrected chi connectivity index (χ4v) is 2.28. The topological polar surface area (TPSA) is 81.4 Å². The molecule has 0 saturated carbocycles. The summed E-state index contributed by atoms with van der Waals surface area (Å²) in [6.45, 7) is 0.917. The van der Waals surface area contributed by atoms with Gasteiger partial charge in [0.2, 0.25) is 10.0 Å². The number of sulfonamides is 1. The van der Waals surface area contributed by atoms with Crippen molar-refractivity contribution in [2.45, 2.75) is 6.54 Å². The van der Waals surface area contributed by atoms with Gasteiger partial charge in [-0.1, -0.05) is 6.07 Å². The first-order chi connectivity index (χ1) is 7.92. The smallest absolute Gasteiger partial charge is 0.210 e. The zero-order valence-corrected chi connectivity index (χ0v) is 11.8. The maximum atomic E-state index is 10.7. The van der Waals surface area contributed by atoms with E-state index in [2.05, 4.69) is 21.2 Å². The van der Waals surface area contributed by atoms with Gasteiger partial charge in [-0.05, 0) is 33.6 Å². The van der Waals surface area contributed by atoms with E-state index in [4.69, 9.17) is 9.88 Å². The third-order valence-corrected chi connectivity index (χ3v) is 3.50. The Hall–Kier alpha value is -0.630. The molecule has 1 aromatic carbocycles. The minimum absolute atomic E-state index is 0.0652. The van der Waals surface area contributed by atoms with Crippen LogP contribution in [0, 0.1) is 0 Å². The van der Waals surface area contributed by atoms with Crippen LogP contribution in [0.25, 0.3) is 0 Å². The molecule has 5 nitrogen and oxygen atoms in total. The molecule has 1 rings (SSSR count). The van der Waals surface area contributed by atoms with Crippen LogP contribution >= 0.6 is 15.9 Å². The summed E-state index contributed by atoms with van der Waals surface area (Å²) < 4.78 is 27.4. The van der Waals surface area contributed by atoms with E-state index in [-0.39, 0.29) is 5.75 Å². The average molecular weight is 323 g/mol. The molecule has 17 heavy (non-hydrogen) atoms. The molecule has 0 aliphatic carbocycles. The fourth-order valence-electron chi connectivity index (χ4n) is 1.27. The van der Waals surface area contributed by atoms with Crippen molar-refractivity contribution in [1.29, 1.82) is 0 Å². The Morgan fingerprint density at radius 1 is 1.47 bits per heavy atom. The summed E-state index contributed by atoms with van der Waals surface area (Å²) in [6.07, 6.45) is 0. The van der Waals surface area contributed by atoms with E-state index >= 15 is 0 Å². The number of nitrogens with two attached hydrogens (primary N) is 1. The number of halogens is 1. The molecule has 3 N–H and O–H groups in total. The minimum Gasteiger partial charge on any atom is -0.496 e. The lowest BCUT2D eigenvalue weighted by Gasteiger charge is -2.07. The highest BCUT2D eigenvalue weighted by Crippen LogP contribution is 2.25. The maximum Gasteiger partial charge on any atom is 0.210 e. The van der Waals surface area contributed by atoms with Crippen LogP contribution in [-0.2, 0) is 16.6 Å². The van der Waals surface area contributed by atoms with Gasteiger partial charge in [0, 0.05) is 13.1 Å². The summed E-state index contributed by atoms with van der Waals surface area (Å²) in [5, 5.41) is 7.89. The standard InChI is InChI=1S/C10H15BrN2O3S/c1-16-10-3-2-8(6-9(10)11)7-13-4-5-17(12,14)15/h2-3,6,13H,4-5,7H2,1H3,(H2,12,14,15). The average Bonchev–Trinajstić information content (AvgIpc) is 2.23. The Morgan fingerprint density at radius 2 is 2.18 bits per heavy atom. The molecule has 0 bridgehead atoms. The maximum absolute atomic E-state index is 10.7. The predicted molar refractivity (Wildman–Crippen MR) is 70.4 cm³/mol. The SMILES string of the molecule is COc1ccc(CNCCS(N)(=O)=O)cc1Br. The second-order valence-corrected chi connectivity index (χ2v) is 6.10. The normalized spacial score (nSPS) is 11.5. The van der Waals surface area contributed by atoms with E-state index in [9.17, 15) is 8.42 Å². The third kappa shape index (κ3) is 5.49. The number of primary sulfonamides is 1. The van der Waals surface area contributed by atoms with Crippen LogP contribution in [0.1, 0.15) is 5.56 Å². The largest absolute Gasteiger partial charge is 0.496 e. The van der Waals surface area contributed by atoms with Gasteiger partial charge in [0.05, 0.1) is 17.3 Å². The van der Waals surface area contributed by atoms with Crippen molar-refractivity contribution in [1.82, 2.24) is 5.32 Å². The molecule has 0 aliphatic heterocycles. The highest BCUT2D eigenvalue weighted by Gasteiger charge is 2.03. The number of methoxy groups -OCH3 is 1. The molecular weight excluding hydrogens is 308 g/mol. The van der Waals surface area contributed by atoms with Gasteiger partial charge in [0.1, 0.15) is 5.75 Å². The van der Waals surface area contributed by atoms with Gasteiger partial charge in [-0.15, -0.1) is 0 Å². The van der Waals surface area contributed by atoms with Crippen molar-refractivity contribution in [2.75, 3.05) is 19.4 Å². The lowest BCUT2D eigenvalue weighted by molar-refractivity contribution is 0.412. The Labute approximate surface area is 110 Å². The first-order valence-electron chi connectivity index (χ1n) is 4.96.